The van der Waals surface area contributed by atoms with Crippen molar-refractivity contribution < 1.29 is 18.3 Å². The quantitative estimate of drug-likeness (QED) is 0.712. The van der Waals surface area contributed by atoms with Gasteiger partial charge in [-0.15, -0.1) is 11.3 Å². The average molecular weight is 416 g/mol. The van der Waals surface area contributed by atoms with Crippen LogP contribution in [-0.4, -0.2) is 50.4 Å². The van der Waals surface area contributed by atoms with Gasteiger partial charge < -0.3 is 9.84 Å². The van der Waals surface area contributed by atoms with Crippen LogP contribution in [0.15, 0.2) is 20.1 Å². The maximum Gasteiger partial charge on any atom is 0.250 e. The lowest BCUT2D eigenvalue weighted by atomic mass is 9.97. The van der Waals surface area contributed by atoms with Gasteiger partial charge in [0.2, 0.25) is 10.0 Å². The highest BCUT2D eigenvalue weighted by atomic mass is 79.9. The van der Waals surface area contributed by atoms with Gasteiger partial charge in [0.1, 0.15) is 4.21 Å². The standard InChI is InChI=1S/C12H18BrNO4S3/c13-10-1-2-11(20-10)21(16,17)14-9-12(18-6-5-15)3-7-19-8-4-12/h1-2,14-15H,3-9H2. The van der Waals surface area contributed by atoms with Crippen LogP contribution in [0, 0.1) is 0 Å². The molecule has 0 saturated carbocycles. The molecule has 9 heteroatoms. The highest BCUT2D eigenvalue weighted by molar-refractivity contribution is 9.11. The number of aliphatic hydroxyl groups excluding tert-OH is 1. The van der Waals surface area contributed by atoms with E-state index in [1.165, 1.54) is 11.3 Å². The first-order chi connectivity index (χ1) is 9.97. The molecule has 0 aromatic carbocycles. The molecule has 0 radical (unpaired) electrons. The van der Waals surface area contributed by atoms with Crippen molar-refractivity contribution >= 4 is 49.1 Å². The first kappa shape index (κ1) is 17.7. The van der Waals surface area contributed by atoms with E-state index in [0.717, 1.165) is 28.1 Å². The smallest absolute Gasteiger partial charge is 0.250 e. The zero-order valence-corrected chi connectivity index (χ0v) is 15.4. The molecule has 21 heavy (non-hydrogen) atoms. The Kier molecular flexibility index (Phi) is 6.54. The van der Waals surface area contributed by atoms with Crippen molar-refractivity contribution in [3.05, 3.63) is 15.9 Å². The van der Waals surface area contributed by atoms with E-state index < -0.39 is 15.6 Å². The summed E-state index contributed by atoms with van der Waals surface area (Å²) in [5.41, 5.74) is -0.504. The molecule has 2 heterocycles. The Labute approximate surface area is 141 Å². The van der Waals surface area contributed by atoms with Crippen molar-refractivity contribution in [1.82, 2.24) is 4.72 Å². The molecule has 2 rings (SSSR count). The molecule has 5 nitrogen and oxygen atoms in total. The summed E-state index contributed by atoms with van der Waals surface area (Å²) in [6.07, 6.45) is 1.57. The molecule has 0 atom stereocenters. The summed E-state index contributed by atoms with van der Waals surface area (Å²) < 4.78 is 34.0. The highest BCUT2D eigenvalue weighted by Gasteiger charge is 2.34. The number of sulfonamides is 1. The number of thiophene rings is 1. The van der Waals surface area contributed by atoms with Gasteiger partial charge >= 0.3 is 0 Å². The molecule has 1 aliphatic rings. The van der Waals surface area contributed by atoms with Crippen LogP contribution >= 0.6 is 39.0 Å². The molecular formula is C12H18BrNO4S3. The summed E-state index contributed by atoms with van der Waals surface area (Å²) in [5, 5.41) is 8.95. The number of rotatable bonds is 7. The van der Waals surface area contributed by atoms with Crippen molar-refractivity contribution in [1.29, 1.82) is 0 Å². The van der Waals surface area contributed by atoms with Gasteiger partial charge in [-0.2, -0.15) is 11.8 Å². The predicted molar refractivity (Wildman–Crippen MR) is 89.5 cm³/mol. The lowest BCUT2D eigenvalue weighted by Gasteiger charge is -2.36. The van der Waals surface area contributed by atoms with Crippen LogP contribution in [0.1, 0.15) is 12.8 Å². The van der Waals surface area contributed by atoms with Crippen LogP contribution in [0.4, 0.5) is 0 Å². The summed E-state index contributed by atoms with van der Waals surface area (Å²) in [4.78, 5) is 0. The second-order valence-corrected chi connectivity index (χ2v) is 10.4. The SMILES string of the molecule is O=S(=O)(NCC1(OCCO)CCSCC1)c1ccc(Br)s1. The lowest BCUT2D eigenvalue weighted by molar-refractivity contribution is -0.0591. The Morgan fingerprint density at radius 3 is 2.67 bits per heavy atom. The minimum atomic E-state index is -3.51. The van der Waals surface area contributed by atoms with Gasteiger partial charge in [-0.1, -0.05) is 0 Å². The summed E-state index contributed by atoms with van der Waals surface area (Å²) in [7, 11) is -3.51. The van der Waals surface area contributed by atoms with Gasteiger partial charge in [0, 0.05) is 6.54 Å². The van der Waals surface area contributed by atoms with Crippen molar-refractivity contribution in [2.24, 2.45) is 0 Å². The molecule has 1 aromatic rings. The fraction of sp³-hybridized carbons (Fsp3) is 0.667. The molecule has 1 fully saturated rings. The van der Waals surface area contributed by atoms with Crippen LogP contribution in [0.25, 0.3) is 0 Å². The lowest BCUT2D eigenvalue weighted by Crippen LogP contribution is -2.47. The maximum atomic E-state index is 12.3. The summed E-state index contributed by atoms with van der Waals surface area (Å²) in [6, 6.07) is 3.30. The largest absolute Gasteiger partial charge is 0.394 e. The second kappa shape index (κ2) is 7.76. The maximum absolute atomic E-state index is 12.3. The van der Waals surface area contributed by atoms with Gasteiger partial charge in [-0.3, -0.25) is 0 Å². The Morgan fingerprint density at radius 1 is 1.38 bits per heavy atom. The van der Waals surface area contributed by atoms with Crippen molar-refractivity contribution in [2.75, 3.05) is 31.3 Å². The molecule has 0 unspecified atom stereocenters. The molecule has 0 aliphatic carbocycles. The van der Waals surface area contributed by atoms with Crippen molar-refractivity contribution in [2.45, 2.75) is 22.7 Å². The van der Waals surface area contributed by atoms with E-state index in [1.807, 2.05) is 11.8 Å². The summed E-state index contributed by atoms with van der Waals surface area (Å²) in [5.74, 6) is 1.88. The number of thioether (sulfide) groups is 1. The number of nitrogens with one attached hydrogen (secondary N) is 1. The highest BCUT2D eigenvalue weighted by Crippen LogP contribution is 2.31. The monoisotopic (exact) mass is 415 g/mol. The van der Waals surface area contributed by atoms with E-state index in [-0.39, 0.29) is 24.0 Å². The van der Waals surface area contributed by atoms with Gasteiger partial charge in [-0.25, -0.2) is 13.1 Å². The molecular weight excluding hydrogens is 398 g/mol. The Bertz CT molecular complexity index is 555. The van der Waals surface area contributed by atoms with Crippen molar-refractivity contribution in [3.8, 4) is 0 Å². The van der Waals surface area contributed by atoms with E-state index in [2.05, 4.69) is 20.7 Å². The zero-order chi connectivity index (χ0) is 15.3. The molecule has 0 spiro atoms. The van der Waals surface area contributed by atoms with Gasteiger partial charge in [-0.05, 0) is 52.4 Å². The first-order valence-electron chi connectivity index (χ1n) is 6.55. The van der Waals surface area contributed by atoms with Crippen LogP contribution in [0.5, 0.6) is 0 Å². The second-order valence-electron chi connectivity index (χ2n) is 4.75. The van der Waals surface area contributed by atoms with Crippen LogP contribution in [0.3, 0.4) is 0 Å². The molecule has 1 aromatic heterocycles. The minimum Gasteiger partial charge on any atom is -0.394 e. The van der Waals surface area contributed by atoms with E-state index in [1.54, 1.807) is 12.1 Å². The minimum absolute atomic E-state index is 0.0560. The average Bonchev–Trinajstić information content (AvgIpc) is 2.92. The topological polar surface area (TPSA) is 75.6 Å². The molecule has 0 bridgehead atoms. The fourth-order valence-electron chi connectivity index (χ4n) is 2.12. The summed E-state index contributed by atoms with van der Waals surface area (Å²) in [6.45, 7) is 0.419. The van der Waals surface area contributed by atoms with Gasteiger partial charge in [0.05, 0.1) is 22.6 Å². The van der Waals surface area contributed by atoms with E-state index >= 15 is 0 Å². The Hall–Kier alpha value is 0.360. The molecule has 0 amide bonds. The number of halogens is 1. The molecule has 1 saturated heterocycles. The van der Waals surface area contributed by atoms with Crippen molar-refractivity contribution in [3.63, 3.8) is 0 Å². The third-order valence-electron chi connectivity index (χ3n) is 3.30. The van der Waals surface area contributed by atoms with E-state index in [9.17, 15) is 8.42 Å². The molecule has 120 valence electrons. The number of hydrogen-bond donors (Lipinski definition) is 2. The van der Waals surface area contributed by atoms with Gasteiger partial charge in [0.15, 0.2) is 0 Å². The Morgan fingerprint density at radius 2 is 2.10 bits per heavy atom. The number of hydrogen-bond acceptors (Lipinski definition) is 6. The van der Waals surface area contributed by atoms with E-state index in [4.69, 9.17) is 9.84 Å². The third-order valence-corrected chi connectivity index (χ3v) is 7.80. The number of ether oxygens (including phenoxy) is 1. The summed E-state index contributed by atoms with van der Waals surface area (Å²) >= 11 is 6.29. The third kappa shape index (κ3) is 4.92. The van der Waals surface area contributed by atoms with Crippen LogP contribution in [-0.2, 0) is 14.8 Å². The predicted octanol–water partition coefficient (Wildman–Crippen LogP) is 2.06. The molecule has 1 aliphatic heterocycles. The number of aliphatic hydroxyl groups is 1. The fourth-order valence-corrected chi connectivity index (χ4v) is 6.52. The van der Waals surface area contributed by atoms with Gasteiger partial charge in [0.25, 0.3) is 0 Å². The van der Waals surface area contributed by atoms with E-state index in [0.29, 0.717) is 0 Å². The molecule has 2 N–H and O–H groups in total. The Balaban J connectivity index is 2.03. The zero-order valence-electron chi connectivity index (χ0n) is 11.4. The van der Waals surface area contributed by atoms with Crippen LogP contribution < -0.4 is 4.72 Å². The first-order valence-corrected chi connectivity index (χ1v) is 10.8. The normalized spacial score (nSPS) is 18.8. The van der Waals surface area contributed by atoms with Crippen LogP contribution in [0.2, 0.25) is 0 Å².